The van der Waals surface area contributed by atoms with Crippen LogP contribution in [-0.4, -0.2) is 35.0 Å². The number of nitrogens with two attached hydrogens (primary N) is 1. The maximum Gasteiger partial charge on any atom is 0.257 e. The predicted molar refractivity (Wildman–Crippen MR) is 65.8 cm³/mol. The molecule has 0 radical (unpaired) electrons. The quantitative estimate of drug-likeness (QED) is 0.834. The Morgan fingerprint density at radius 1 is 1.50 bits per heavy atom. The third-order valence-corrected chi connectivity index (χ3v) is 3.03. The van der Waals surface area contributed by atoms with E-state index in [0.717, 1.165) is 18.9 Å². The summed E-state index contributed by atoms with van der Waals surface area (Å²) in [5.74, 6) is -1.18. The summed E-state index contributed by atoms with van der Waals surface area (Å²) in [5, 5.41) is 9.14. The number of carbonyl (C=O) groups is 1. The summed E-state index contributed by atoms with van der Waals surface area (Å²) >= 11 is 0. The molecule has 0 atom stereocenters. The minimum absolute atomic E-state index is 0.0109. The Hall–Kier alpha value is -1.62. The molecule has 1 aliphatic carbocycles. The van der Waals surface area contributed by atoms with E-state index in [2.05, 4.69) is 0 Å². The Kier molecular flexibility index (Phi) is 3.81. The van der Waals surface area contributed by atoms with Crippen LogP contribution >= 0.6 is 0 Å². The lowest BCUT2D eigenvalue weighted by Gasteiger charge is -2.22. The van der Waals surface area contributed by atoms with E-state index in [-0.39, 0.29) is 23.3 Å². The van der Waals surface area contributed by atoms with Crippen LogP contribution in [0.2, 0.25) is 0 Å². The fourth-order valence-corrected chi connectivity index (χ4v) is 1.93. The standard InChI is InChI=1S/C13H17FN2O2/c14-12-8-10(17)4-5-11(12)13(18)16(7-1-6-15)9-2-3-9/h4-5,8-9,17H,1-3,6-7,15H2. The van der Waals surface area contributed by atoms with Gasteiger partial charge in [0.1, 0.15) is 11.6 Å². The van der Waals surface area contributed by atoms with E-state index >= 15 is 0 Å². The first-order chi connectivity index (χ1) is 8.63. The van der Waals surface area contributed by atoms with Gasteiger partial charge in [-0.25, -0.2) is 4.39 Å². The number of amides is 1. The SMILES string of the molecule is NCCCN(C(=O)c1ccc(O)cc1F)C1CC1. The van der Waals surface area contributed by atoms with Crippen molar-refractivity contribution in [1.82, 2.24) is 4.90 Å². The van der Waals surface area contributed by atoms with E-state index in [0.29, 0.717) is 19.5 Å². The number of nitrogens with zero attached hydrogens (tertiary/aromatic N) is 1. The van der Waals surface area contributed by atoms with Gasteiger partial charge in [0, 0.05) is 18.7 Å². The number of aromatic hydroxyl groups is 1. The van der Waals surface area contributed by atoms with Crippen LogP contribution in [0, 0.1) is 5.82 Å². The molecule has 18 heavy (non-hydrogen) atoms. The van der Waals surface area contributed by atoms with Crippen LogP contribution in [-0.2, 0) is 0 Å². The molecule has 0 saturated heterocycles. The molecule has 1 aliphatic rings. The predicted octanol–water partition coefficient (Wildman–Crippen LogP) is 1.48. The minimum atomic E-state index is -0.682. The monoisotopic (exact) mass is 252 g/mol. The second kappa shape index (κ2) is 5.35. The number of carbonyl (C=O) groups excluding carboxylic acids is 1. The van der Waals surface area contributed by atoms with Gasteiger partial charge in [0.05, 0.1) is 5.56 Å². The van der Waals surface area contributed by atoms with E-state index in [9.17, 15) is 9.18 Å². The van der Waals surface area contributed by atoms with Gasteiger partial charge in [-0.05, 0) is 37.9 Å². The van der Waals surface area contributed by atoms with E-state index in [4.69, 9.17) is 10.8 Å². The third kappa shape index (κ3) is 2.79. The summed E-state index contributed by atoms with van der Waals surface area (Å²) in [5.41, 5.74) is 5.45. The molecule has 1 fully saturated rings. The molecular weight excluding hydrogens is 235 g/mol. The first kappa shape index (κ1) is 12.8. The molecule has 0 heterocycles. The van der Waals surface area contributed by atoms with E-state index in [1.54, 1.807) is 4.90 Å². The first-order valence-corrected chi connectivity index (χ1v) is 6.13. The number of rotatable bonds is 5. The van der Waals surface area contributed by atoms with Gasteiger partial charge >= 0.3 is 0 Å². The molecule has 0 aromatic heterocycles. The first-order valence-electron chi connectivity index (χ1n) is 6.13. The largest absolute Gasteiger partial charge is 0.508 e. The summed E-state index contributed by atoms with van der Waals surface area (Å²) in [7, 11) is 0. The van der Waals surface area contributed by atoms with Crippen molar-refractivity contribution >= 4 is 5.91 Å². The van der Waals surface area contributed by atoms with Gasteiger partial charge in [-0.3, -0.25) is 4.79 Å². The molecule has 0 bridgehead atoms. The topological polar surface area (TPSA) is 66.6 Å². The van der Waals surface area contributed by atoms with Gasteiger partial charge in [0.25, 0.3) is 5.91 Å². The highest BCUT2D eigenvalue weighted by Crippen LogP contribution is 2.29. The molecule has 2 rings (SSSR count). The summed E-state index contributed by atoms with van der Waals surface area (Å²) in [4.78, 5) is 13.9. The second-order valence-electron chi connectivity index (χ2n) is 4.54. The Balaban J connectivity index is 2.16. The van der Waals surface area contributed by atoms with Gasteiger partial charge < -0.3 is 15.7 Å². The second-order valence-corrected chi connectivity index (χ2v) is 4.54. The van der Waals surface area contributed by atoms with E-state index in [1.165, 1.54) is 12.1 Å². The molecule has 1 saturated carbocycles. The van der Waals surface area contributed by atoms with Gasteiger partial charge in [-0.1, -0.05) is 0 Å². The average molecular weight is 252 g/mol. The van der Waals surface area contributed by atoms with Gasteiger partial charge in [0.15, 0.2) is 0 Å². The fourth-order valence-electron chi connectivity index (χ4n) is 1.93. The number of phenols is 1. The third-order valence-electron chi connectivity index (χ3n) is 3.03. The Morgan fingerprint density at radius 3 is 2.78 bits per heavy atom. The van der Waals surface area contributed by atoms with Crippen molar-refractivity contribution in [2.24, 2.45) is 5.73 Å². The summed E-state index contributed by atoms with van der Waals surface area (Å²) in [6, 6.07) is 3.83. The maximum absolute atomic E-state index is 13.6. The lowest BCUT2D eigenvalue weighted by atomic mass is 10.1. The van der Waals surface area contributed by atoms with Crippen LogP contribution < -0.4 is 5.73 Å². The molecular formula is C13H17FN2O2. The number of benzene rings is 1. The van der Waals surface area contributed by atoms with Gasteiger partial charge in [-0.2, -0.15) is 0 Å². The Morgan fingerprint density at radius 2 is 2.22 bits per heavy atom. The summed E-state index contributed by atoms with van der Waals surface area (Å²) in [6.45, 7) is 1.06. The molecule has 1 amide bonds. The number of phenolic OH excluding ortho intramolecular Hbond substituents is 1. The van der Waals surface area contributed by atoms with Crippen molar-refractivity contribution < 1.29 is 14.3 Å². The lowest BCUT2D eigenvalue weighted by molar-refractivity contribution is 0.0737. The zero-order valence-corrected chi connectivity index (χ0v) is 10.1. The highest BCUT2D eigenvalue weighted by Gasteiger charge is 2.33. The molecule has 5 heteroatoms. The summed E-state index contributed by atoms with van der Waals surface area (Å²) in [6.07, 6.45) is 2.65. The van der Waals surface area contributed by atoms with Crippen molar-refractivity contribution in [2.45, 2.75) is 25.3 Å². The van der Waals surface area contributed by atoms with Crippen molar-refractivity contribution in [3.8, 4) is 5.75 Å². The zero-order valence-electron chi connectivity index (χ0n) is 10.1. The lowest BCUT2D eigenvalue weighted by Crippen LogP contribution is -2.35. The van der Waals surface area contributed by atoms with E-state index in [1.807, 2.05) is 0 Å². The zero-order chi connectivity index (χ0) is 13.1. The van der Waals surface area contributed by atoms with Crippen LogP contribution in [0.25, 0.3) is 0 Å². The fraction of sp³-hybridized carbons (Fsp3) is 0.462. The highest BCUT2D eigenvalue weighted by atomic mass is 19.1. The van der Waals surface area contributed by atoms with Crippen LogP contribution in [0.4, 0.5) is 4.39 Å². The average Bonchev–Trinajstić information content (AvgIpc) is 3.13. The Bertz CT molecular complexity index is 447. The normalized spacial score (nSPS) is 14.6. The molecule has 1 aromatic rings. The van der Waals surface area contributed by atoms with Crippen LogP contribution in [0.15, 0.2) is 18.2 Å². The molecule has 0 aliphatic heterocycles. The number of hydrogen-bond donors (Lipinski definition) is 2. The van der Waals surface area contributed by atoms with Crippen molar-refractivity contribution in [3.05, 3.63) is 29.6 Å². The molecule has 0 spiro atoms. The van der Waals surface area contributed by atoms with Crippen molar-refractivity contribution in [1.29, 1.82) is 0 Å². The molecule has 0 unspecified atom stereocenters. The van der Waals surface area contributed by atoms with Crippen LogP contribution in [0.3, 0.4) is 0 Å². The van der Waals surface area contributed by atoms with Crippen molar-refractivity contribution in [3.63, 3.8) is 0 Å². The van der Waals surface area contributed by atoms with Crippen LogP contribution in [0.5, 0.6) is 5.75 Å². The Labute approximate surface area is 105 Å². The molecule has 1 aromatic carbocycles. The minimum Gasteiger partial charge on any atom is -0.508 e. The smallest absolute Gasteiger partial charge is 0.257 e. The summed E-state index contributed by atoms with van der Waals surface area (Å²) < 4.78 is 13.6. The highest BCUT2D eigenvalue weighted by molar-refractivity contribution is 5.95. The van der Waals surface area contributed by atoms with E-state index < -0.39 is 5.82 Å². The van der Waals surface area contributed by atoms with Gasteiger partial charge in [0.2, 0.25) is 0 Å². The maximum atomic E-state index is 13.6. The van der Waals surface area contributed by atoms with Crippen molar-refractivity contribution in [2.75, 3.05) is 13.1 Å². The number of halogens is 1. The number of hydrogen-bond acceptors (Lipinski definition) is 3. The molecule has 4 nitrogen and oxygen atoms in total. The molecule has 3 N–H and O–H groups in total. The van der Waals surface area contributed by atoms with Crippen LogP contribution in [0.1, 0.15) is 29.6 Å². The molecule has 98 valence electrons. The van der Waals surface area contributed by atoms with Gasteiger partial charge in [-0.15, -0.1) is 0 Å².